The summed E-state index contributed by atoms with van der Waals surface area (Å²) >= 11 is 0. The van der Waals surface area contributed by atoms with Crippen LogP contribution in [0.15, 0.2) is 41.1 Å². The minimum Gasteiger partial charge on any atom is -0.451 e. The summed E-state index contributed by atoms with van der Waals surface area (Å²) in [6.45, 7) is 3.98. The molecule has 2 aromatic heterocycles. The van der Waals surface area contributed by atoms with E-state index < -0.39 is 0 Å². The summed E-state index contributed by atoms with van der Waals surface area (Å²) in [7, 11) is 0. The topological polar surface area (TPSA) is 49.6 Å². The van der Waals surface area contributed by atoms with E-state index >= 15 is 0 Å². The van der Waals surface area contributed by atoms with Crippen molar-refractivity contribution in [1.29, 1.82) is 0 Å². The summed E-state index contributed by atoms with van der Waals surface area (Å²) in [4.78, 5) is 21.3. The maximum Gasteiger partial charge on any atom is 0.289 e. The number of nitrogens with zero attached hydrogens (tertiary/aromatic N) is 3. The van der Waals surface area contributed by atoms with E-state index in [-0.39, 0.29) is 5.91 Å². The molecule has 3 saturated heterocycles. The van der Waals surface area contributed by atoms with Crippen LogP contribution >= 0.6 is 0 Å². The van der Waals surface area contributed by atoms with Gasteiger partial charge in [-0.1, -0.05) is 0 Å². The van der Waals surface area contributed by atoms with Crippen LogP contribution in [0.2, 0.25) is 0 Å². The molecule has 3 aliphatic rings. The average molecular weight is 297 g/mol. The summed E-state index contributed by atoms with van der Waals surface area (Å²) in [6.07, 6.45) is 5.61. The zero-order valence-corrected chi connectivity index (χ0v) is 12.4. The van der Waals surface area contributed by atoms with Gasteiger partial charge in [0.1, 0.15) is 5.76 Å². The molecule has 0 radical (unpaired) electrons. The van der Waals surface area contributed by atoms with Gasteiger partial charge in [0, 0.05) is 50.2 Å². The number of furan rings is 1. The number of piperidine rings is 1. The Labute approximate surface area is 129 Å². The minimum absolute atomic E-state index is 0.0175. The molecule has 5 rings (SSSR count). The van der Waals surface area contributed by atoms with Crippen molar-refractivity contribution in [3.8, 4) is 11.3 Å². The molecule has 1 amide bonds. The predicted octanol–water partition coefficient (Wildman–Crippen LogP) is 2.26. The number of rotatable bonds is 2. The van der Waals surface area contributed by atoms with E-state index in [1.54, 1.807) is 18.5 Å². The van der Waals surface area contributed by atoms with Crippen molar-refractivity contribution >= 4 is 5.91 Å². The molecule has 5 heterocycles. The lowest BCUT2D eigenvalue weighted by Gasteiger charge is -2.30. The van der Waals surface area contributed by atoms with Crippen molar-refractivity contribution in [3.63, 3.8) is 0 Å². The van der Waals surface area contributed by atoms with Crippen LogP contribution in [-0.2, 0) is 0 Å². The molecular formula is C17H19N3O2. The molecular weight excluding hydrogens is 278 g/mol. The van der Waals surface area contributed by atoms with Crippen LogP contribution in [0.4, 0.5) is 0 Å². The summed E-state index contributed by atoms with van der Waals surface area (Å²) in [5.74, 6) is 1.14. The summed E-state index contributed by atoms with van der Waals surface area (Å²) in [5.41, 5.74) is 0.893. The number of pyridine rings is 1. The molecule has 3 aliphatic heterocycles. The van der Waals surface area contributed by atoms with Gasteiger partial charge in [0.15, 0.2) is 5.76 Å². The highest BCUT2D eigenvalue weighted by Gasteiger charge is 2.33. The molecule has 2 aromatic rings. The van der Waals surface area contributed by atoms with Gasteiger partial charge in [0.25, 0.3) is 5.91 Å². The monoisotopic (exact) mass is 297 g/mol. The van der Waals surface area contributed by atoms with Gasteiger partial charge in [0.2, 0.25) is 0 Å². The highest BCUT2D eigenvalue weighted by Crippen LogP contribution is 2.26. The van der Waals surface area contributed by atoms with Gasteiger partial charge in [-0.3, -0.25) is 9.78 Å². The Morgan fingerprint density at radius 2 is 2.00 bits per heavy atom. The molecule has 0 N–H and O–H groups in total. The van der Waals surface area contributed by atoms with E-state index in [1.807, 2.05) is 23.1 Å². The number of carbonyl (C=O) groups is 1. The SMILES string of the molecule is O=C(c1ccc(-c2cccnc2)o1)N1CCN2CCC1CC2. The average Bonchev–Trinajstić information content (AvgIpc) is 2.88. The van der Waals surface area contributed by atoms with Gasteiger partial charge >= 0.3 is 0 Å². The highest BCUT2D eigenvalue weighted by atomic mass is 16.4. The standard InChI is InChI=1S/C17H19N3O2/c21-17(20-11-10-19-8-5-14(20)6-9-19)16-4-3-15(22-16)13-2-1-7-18-12-13/h1-4,7,12,14H,5-6,8-11H2. The summed E-state index contributed by atoms with van der Waals surface area (Å²) < 4.78 is 5.79. The lowest BCUT2D eigenvalue weighted by molar-refractivity contribution is 0.0653. The Balaban J connectivity index is 1.57. The Bertz CT molecular complexity index is 660. The van der Waals surface area contributed by atoms with Crippen LogP contribution in [-0.4, -0.2) is 52.9 Å². The normalized spacial score (nSPS) is 24.3. The molecule has 114 valence electrons. The van der Waals surface area contributed by atoms with Gasteiger partial charge in [-0.2, -0.15) is 0 Å². The molecule has 0 spiro atoms. The Kier molecular flexibility index (Phi) is 3.42. The van der Waals surface area contributed by atoms with Crippen LogP contribution in [0.25, 0.3) is 11.3 Å². The van der Waals surface area contributed by atoms with Crippen LogP contribution in [0.5, 0.6) is 0 Å². The van der Waals surface area contributed by atoms with Crippen molar-refractivity contribution < 1.29 is 9.21 Å². The van der Waals surface area contributed by atoms with Gasteiger partial charge in [-0.05, 0) is 37.1 Å². The highest BCUT2D eigenvalue weighted by molar-refractivity contribution is 5.92. The van der Waals surface area contributed by atoms with E-state index in [4.69, 9.17) is 4.42 Å². The number of fused-ring (bicyclic) bond motifs is 4. The number of amides is 1. The second kappa shape index (κ2) is 5.57. The smallest absolute Gasteiger partial charge is 0.289 e. The van der Waals surface area contributed by atoms with Gasteiger partial charge in [-0.25, -0.2) is 0 Å². The summed E-state index contributed by atoms with van der Waals surface area (Å²) in [5, 5.41) is 0. The maximum absolute atomic E-state index is 12.8. The lowest BCUT2D eigenvalue weighted by Crippen LogP contribution is -2.41. The maximum atomic E-state index is 12.8. The summed E-state index contributed by atoms with van der Waals surface area (Å²) in [6, 6.07) is 7.78. The minimum atomic E-state index is 0.0175. The van der Waals surface area contributed by atoms with Crippen LogP contribution in [0, 0.1) is 0 Å². The molecule has 0 unspecified atom stereocenters. The van der Waals surface area contributed by atoms with E-state index in [1.165, 1.54) is 0 Å². The van der Waals surface area contributed by atoms with Crippen molar-refractivity contribution in [2.45, 2.75) is 18.9 Å². The van der Waals surface area contributed by atoms with Crippen LogP contribution in [0.3, 0.4) is 0 Å². The quantitative estimate of drug-likeness (QED) is 0.853. The Morgan fingerprint density at radius 3 is 2.77 bits per heavy atom. The third kappa shape index (κ3) is 2.41. The second-order valence-electron chi connectivity index (χ2n) is 5.98. The molecule has 0 saturated carbocycles. The fraction of sp³-hybridized carbons (Fsp3) is 0.412. The van der Waals surface area contributed by atoms with Crippen molar-refractivity contribution in [2.75, 3.05) is 26.2 Å². The number of hydrogen-bond acceptors (Lipinski definition) is 4. The molecule has 0 aromatic carbocycles. The zero-order chi connectivity index (χ0) is 14.9. The fourth-order valence-corrected chi connectivity index (χ4v) is 3.41. The third-order valence-electron chi connectivity index (χ3n) is 4.68. The first-order valence-corrected chi connectivity index (χ1v) is 7.85. The molecule has 5 nitrogen and oxygen atoms in total. The van der Waals surface area contributed by atoms with Gasteiger partial charge in [-0.15, -0.1) is 0 Å². The van der Waals surface area contributed by atoms with E-state index in [2.05, 4.69) is 9.88 Å². The van der Waals surface area contributed by atoms with Crippen LogP contribution < -0.4 is 0 Å². The number of hydrogen-bond donors (Lipinski definition) is 0. The van der Waals surface area contributed by atoms with Crippen molar-refractivity contribution in [3.05, 3.63) is 42.4 Å². The lowest BCUT2D eigenvalue weighted by atomic mass is 10.1. The van der Waals surface area contributed by atoms with Crippen LogP contribution in [0.1, 0.15) is 23.4 Å². The third-order valence-corrected chi connectivity index (χ3v) is 4.68. The largest absolute Gasteiger partial charge is 0.451 e. The Morgan fingerprint density at radius 1 is 1.14 bits per heavy atom. The fourth-order valence-electron chi connectivity index (χ4n) is 3.41. The molecule has 0 atom stereocenters. The first-order valence-electron chi connectivity index (χ1n) is 7.85. The predicted molar refractivity (Wildman–Crippen MR) is 82.4 cm³/mol. The zero-order valence-electron chi connectivity index (χ0n) is 12.4. The van der Waals surface area contributed by atoms with Crippen molar-refractivity contribution in [1.82, 2.24) is 14.8 Å². The molecule has 5 heteroatoms. The molecule has 0 aliphatic carbocycles. The first kappa shape index (κ1) is 13.5. The van der Waals surface area contributed by atoms with E-state index in [9.17, 15) is 4.79 Å². The van der Waals surface area contributed by atoms with Gasteiger partial charge in [0.05, 0.1) is 0 Å². The van der Waals surface area contributed by atoms with E-state index in [0.717, 1.165) is 44.6 Å². The number of aromatic nitrogens is 1. The first-order chi connectivity index (χ1) is 10.8. The second-order valence-corrected chi connectivity index (χ2v) is 5.98. The molecule has 2 bridgehead atoms. The number of carbonyl (C=O) groups excluding carboxylic acids is 1. The Hall–Kier alpha value is -2.14. The molecule has 22 heavy (non-hydrogen) atoms. The molecule has 3 fully saturated rings. The van der Waals surface area contributed by atoms with Gasteiger partial charge < -0.3 is 14.2 Å². The van der Waals surface area contributed by atoms with E-state index in [0.29, 0.717) is 17.6 Å². The van der Waals surface area contributed by atoms with Crippen molar-refractivity contribution in [2.24, 2.45) is 0 Å².